The molecular weight excluding hydrogens is 277 g/mol. The van der Waals surface area contributed by atoms with Crippen LogP contribution in [0.2, 0.25) is 0 Å². The third-order valence-electron chi connectivity index (χ3n) is 3.53. The summed E-state index contributed by atoms with van der Waals surface area (Å²) in [5.74, 6) is 3.47. The molecular formula is C14H16FN3OS. The van der Waals surface area contributed by atoms with E-state index in [1.54, 1.807) is 12.1 Å². The lowest BCUT2D eigenvalue weighted by Crippen LogP contribution is -2.31. The smallest absolute Gasteiger partial charge is 0.232 e. The Bertz CT molecular complexity index is 572. The Morgan fingerprint density at radius 3 is 2.90 bits per heavy atom. The monoisotopic (exact) mass is 293 g/mol. The quantitative estimate of drug-likeness (QED) is 0.936. The van der Waals surface area contributed by atoms with Crippen molar-refractivity contribution in [3.05, 3.63) is 47.4 Å². The van der Waals surface area contributed by atoms with E-state index in [9.17, 15) is 4.39 Å². The number of aromatic nitrogens is 2. The van der Waals surface area contributed by atoms with Crippen molar-refractivity contribution in [3.8, 4) is 0 Å². The maximum atomic E-state index is 12.9. The molecule has 4 nitrogen and oxygen atoms in total. The molecule has 0 aliphatic carbocycles. The summed E-state index contributed by atoms with van der Waals surface area (Å²) < 4.78 is 18.2. The van der Waals surface area contributed by atoms with Gasteiger partial charge in [-0.15, -0.1) is 0 Å². The SMILES string of the molecule is CNC1CSCC1c1nc(Cc2ccc(F)cc2)no1. The van der Waals surface area contributed by atoms with E-state index in [0.717, 1.165) is 17.1 Å². The summed E-state index contributed by atoms with van der Waals surface area (Å²) in [5, 5.41) is 7.32. The van der Waals surface area contributed by atoms with Gasteiger partial charge in [0, 0.05) is 24.0 Å². The molecule has 1 aliphatic rings. The van der Waals surface area contributed by atoms with Gasteiger partial charge in [-0.2, -0.15) is 16.7 Å². The highest BCUT2D eigenvalue weighted by Crippen LogP contribution is 2.31. The van der Waals surface area contributed by atoms with Gasteiger partial charge in [0.2, 0.25) is 5.89 Å². The maximum Gasteiger partial charge on any atom is 0.232 e. The zero-order valence-electron chi connectivity index (χ0n) is 11.2. The number of benzene rings is 1. The van der Waals surface area contributed by atoms with Crippen molar-refractivity contribution in [2.75, 3.05) is 18.6 Å². The number of thioether (sulfide) groups is 1. The molecule has 2 aromatic rings. The number of hydrogen-bond donors (Lipinski definition) is 1. The molecule has 1 saturated heterocycles. The summed E-state index contributed by atoms with van der Waals surface area (Å²) in [7, 11) is 1.96. The van der Waals surface area contributed by atoms with E-state index in [1.165, 1.54) is 12.1 Å². The van der Waals surface area contributed by atoms with Crippen LogP contribution >= 0.6 is 11.8 Å². The predicted octanol–water partition coefficient (Wildman–Crippen LogP) is 2.22. The van der Waals surface area contributed by atoms with Crippen LogP contribution in [0.25, 0.3) is 0 Å². The van der Waals surface area contributed by atoms with E-state index >= 15 is 0 Å². The summed E-state index contributed by atoms with van der Waals surface area (Å²) in [6.07, 6.45) is 0.563. The van der Waals surface area contributed by atoms with E-state index in [4.69, 9.17) is 4.52 Å². The first-order valence-corrected chi connectivity index (χ1v) is 7.73. The predicted molar refractivity (Wildman–Crippen MR) is 76.4 cm³/mol. The van der Waals surface area contributed by atoms with Gasteiger partial charge < -0.3 is 9.84 Å². The van der Waals surface area contributed by atoms with Crippen LogP contribution in [-0.4, -0.2) is 34.7 Å². The molecule has 2 atom stereocenters. The van der Waals surface area contributed by atoms with Gasteiger partial charge in [0.05, 0.1) is 5.92 Å². The van der Waals surface area contributed by atoms with E-state index in [0.29, 0.717) is 24.2 Å². The molecule has 1 N–H and O–H groups in total. The lowest BCUT2D eigenvalue weighted by Gasteiger charge is -2.13. The van der Waals surface area contributed by atoms with Crippen molar-refractivity contribution in [1.29, 1.82) is 0 Å². The number of nitrogens with one attached hydrogen (secondary N) is 1. The van der Waals surface area contributed by atoms with E-state index in [2.05, 4.69) is 15.5 Å². The van der Waals surface area contributed by atoms with Gasteiger partial charge in [0.1, 0.15) is 5.82 Å². The van der Waals surface area contributed by atoms with Crippen LogP contribution < -0.4 is 5.32 Å². The van der Waals surface area contributed by atoms with Crippen molar-refractivity contribution in [1.82, 2.24) is 15.5 Å². The fraction of sp³-hybridized carbons (Fsp3) is 0.429. The average molecular weight is 293 g/mol. The minimum atomic E-state index is -0.234. The van der Waals surface area contributed by atoms with Gasteiger partial charge in [-0.1, -0.05) is 17.3 Å². The van der Waals surface area contributed by atoms with Crippen molar-refractivity contribution in [2.45, 2.75) is 18.4 Å². The van der Waals surface area contributed by atoms with Gasteiger partial charge in [-0.3, -0.25) is 0 Å². The Morgan fingerprint density at radius 1 is 1.35 bits per heavy atom. The molecule has 0 saturated carbocycles. The third-order valence-corrected chi connectivity index (χ3v) is 4.72. The molecule has 1 aliphatic heterocycles. The number of halogens is 1. The number of nitrogens with zero attached hydrogens (tertiary/aromatic N) is 2. The van der Waals surface area contributed by atoms with Gasteiger partial charge >= 0.3 is 0 Å². The first-order chi connectivity index (χ1) is 9.76. The van der Waals surface area contributed by atoms with Crippen LogP contribution in [0.15, 0.2) is 28.8 Å². The molecule has 1 fully saturated rings. The summed E-state index contributed by atoms with van der Waals surface area (Å²) in [6, 6.07) is 6.77. The molecule has 6 heteroatoms. The van der Waals surface area contributed by atoms with Crippen LogP contribution in [0.3, 0.4) is 0 Å². The first kappa shape index (κ1) is 13.6. The van der Waals surface area contributed by atoms with Gasteiger partial charge in [-0.25, -0.2) is 4.39 Å². The van der Waals surface area contributed by atoms with Crippen LogP contribution in [0, 0.1) is 5.82 Å². The molecule has 2 unspecified atom stereocenters. The van der Waals surface area contributed by atoms with Crippen molar-refractivity contribution >= 4 is 11.8 Å². The van der Waals surface area contributed by atoms with Crippen LogP contribution in [0.4, 0.5) is 4.39 Å². The largest absolute Gasteiger partial charge is 0.339 e. The lowest BCUT2D eigenvalue weighted by molar-refractivity contribution is 0.341. The Hall–Kier alpha value is -1.40. The van der Waals surface area contributed by atoms with E-state index < -0.39 is 0 Å². The standard InChI is InChI=1S/C14H16FN3OS/c1-16-12-8-20-7-11(12)14-17-13(18-19-14)6-9-2-4-10(15)5-3-9/h2-5,11-12,16H,6-8H2,1H3. The summed E-state index contributed by atoms with van der Waals surface area (Å²) in [6.45, 7) is 0. The molecule has 1 aromatic carbocycles. The third kappa shape index (κ3) is 2.86. The van der Waals surface area contributed by atoms with Crippen molar-refractivity contribution in [2.24, 2.45) is 0 Å². The van der Waals surface area contributed by atoms with Crippen molar-refractivity contribution < 1.29 is 8.91 Å². The zero-order valence-corrected chi connectivity index (χ0v) is 12.0. The second-order valence-electron chi connectivity index (χ2n) is 4.89. The van der Waals surface area contributed by atoms with Crippen LogP contribution in [0.5, 0.6) is 0 Å². The fourth-order valence-corrected chi connectivity index (χ4v) is 3.77. The minimum Gasteiger partial charge on any atom is -0.339 e. The number of hydrogen-bond acceptors (Lipinski definition) is 5. The summed E-state index contributed by atoms with van der Waals surface area (Å²) in [5.41, 5.74) is 0.977. The highest BCUT2D eigenvalue weighted by molar-refractivity contribution is 7.99. The Labute approximate surface area is 121 Å². The molecule has 0 bridgehead atoms. The van der Waals surface area contributed by atoms with E-state index in [-0.39, 0.29) is 11.7 Å². The summed E-state index contributed by atoms with van der Waals surface area (Å²) >= 11 is 1.89. The first-order valence-electron chi connectivity index (χ1n) is 6.58. The molecule has 0 amide bonds. The van der Waals surface area contributed by atoms with Crippen molar-refractivity contribution in [3.63, 3.8) is 0 Å². The van der Waals surface area contributed by atoms with Crippen LogP contribution in [0.1, 0.15) is 23.2 Å². The normalized spacial score (nSPS) is 22.3. The average Bonchev–Trinajstić information content (AvgIpc) is 3.09. The van der Waals surface area contributed by atoms with Crippen LogP contribution in [-0.2, 0) is 6.42 Å². The Kier molecular flexibility index (Phi) is 4.03. The fourth-order valence-electron chi connectivity index (χ4n) is 2.36. The van der Waals surface area contributed by atoms with Gasteiger partial charge in [0.25, 0.3) is 0 Å². The Balaban J connectivity index is 1.72. The molecule has 2 heterocycles. The molecule has 3 rings (SSSR count). The second kappa shape index (κ2) is 5.93. The Morgan fingerprint density at radius 2 is 2.15 bits per heavy atom. The maximum absolute atomic E-state index is 12.9. The highest BCUT2D eigenvalue weighted by atomic mass is 32.2. The number of likely N-dealkylation sites (N-methyl/N-ethyl adjacent to an activating group) is 1. The summed E-state index contributed by atoms with van der Waals surface area (Å²) in [4.78, 5) is 4.48. The van der Waals surface area contributed by atoms with E-state index in [1.807, 2.05) is 18.8 Å². The molecule has 106 valence electrons. The highest BCUT2D eigenvalue weighted by Gasteiger charge is 2.32. The number of rotatable bonds is 4. The lowest BCUT2D eigenvalue weighted by atomic mass is 10.0. The molecule has 0 spiro atoms. The topological polar surface area (TPSA) is 51.0 Å². The molecule has 20 heavy (non-hydrogen) atoms. The minimum absolute atomic E-state index is 0.234. The van der Waals surface area contributed by atoms with Gasteiger partial charge in [-0.05, 0) is 24.7 Å². The van der Waals surface area contributed by atoms with Gasteiger partial charge in [0.15, 0.2) is 5.82 Å². The second-order valence-corrected chi connectivity index (χ2v) is 5.97. The zero-order chi connectivity index (χ0) is 13.9. The molecule has 1 aromatic heterocycles. The molecule has 0 radical (unpaired) electrons.